The van der Waals surface area contributed by atoms with Gasteiger partial charge in [0.05, 0.1) is 43.5 Å². The molecule has 4 heterocycles. The van der Waals surface area contributed by atoms with Crippen LogP contribution in [-0.4, -0.2) is 43.2 Å². The zero-order valence-corrected chi connectivity index (χ0v) is 17.6. The number of para-hydroxylation sites is 1. The van der Waals surface area contributed by atoms with E-state index < -0.39 is 0 Å². The SMILES string of the molecule is CC1Cc2ccccc2N1Cc1occc1C(=O)Nc1ccc(N2CCOCC2)nc1. The fraction of sp³-hybridized carbons (Fsp3) is 0.333. The van der Waals surface area contributed by atoms with Gasteiger partial charge in [-0.1, -0.05) is 18.2 Å². The Balaban J connectivity index is 1.28. The molecule has 2 aromatic heterocycles. The molecule has 0 radical (unpaired) electrons. The van der Waals surface area contributed by atoms with E-state index in [1.165, 1.54) is 11.3 Å². The van der Waals surface area contributed by atoms with E-state index in [2.05, 4.69) is 45.2 Å². The number of furan rings is 1. The second-order valence-corrected chi connectivity index (χ2v) is 8.03. The first-order chi connectivity index (χ1) is 15.2. The number of fused-ring (bicyclic) bond motifs is 1. The van der Waals surface area contributed by atoms with Crippen LogP contribution in [0.2, 0.25) is 0 Å². The average molecular weight is 418 g/mol. The van der Waals surface area contributed by atoms with Crippen molar-refractivity contribution < 1.29 is 13.9 Å². The van der Waals surface area contributed by atoms with Crippen molar-refractivity contribution in [3.05, 3.63) is 71.8 Å². The normalized spacial score (nSPS) is 18.2. The molecular weight excluding hydrogens is 392 g/mol. The van der Waals surface area contributed by atoms with Gasteiger partial charge in [0.15, 0.2) is 0 Å². The fourth-order valence-corrected chi connectivity index (χ4v) is 4.33. The van der Waals surface area contributed by atoms with Gasteiger partial charge in [-0.3, -0.25) is 4.79 Å². The maximum Gasteiger partial charge on any atom is 0.259 e. The largest absolute Gasteiger partial charge is 0.467 e. The highest BCUT2D eigenvalue weighted by atomic mass is 16.5. The van der Waals surface area contributed by atoms with Crippen LogP contribution in [0.4, 0.5) is 17.2 Å². The molecule has 1 fully saturated rings. The smallest absolute Gasteiger partial charge is 0.259 e. The summed E-state index contributed by atoms with van der Waals surface area (Å²) < 4.78 is 11.1. The molecule has 1 N–H and O–H groups in total. The summed E-state index contributed by atoms with van der Waals surface area (Å²) in [5, 5.41) is 2.95. The quantitative estimate of drug-likeness (QED) is 0.681. The predicted molar refractivity (Wildman–Crippen MR) is 120 cm³/mol. The Bertz CT molecular complexity index is 1060. The van der Waals surface area contributed by atoms with Crippen LogP contribution in [0.3, 0.4) is 0 Å². The van der Waals surface area contributed by atoms with Gasteiger partial charge in [-0.25, -0.2) is 4.98 Å². The maximum absolute atomic E-state index is 12.9. The lowest BCUT2D eigenvalue weighted by atomic mass is 10.1. The molecule has 5 rings (SSSR count). The number of carbonyl (C=O) groups excluding carboxylic acids is 1. The van der Waals surface area contributed by atoms with E-state index in [-0.39, 0.29) is 5.91 Å². The molecular formula is C24H26N4O3. The van der Waals surface area contributed by atoms with Crippen molar-refractivity contribution in [1.82, 2.24) is 4.98 Å². The van der Waals surface area contributed by atoms with Crippen LogP contribution in [0.25, 0.3) is 0 Å². The number of morpholine rings is 1. The van der Waals surface area contributed by atoms with Gasteiger partial charge < -0.3 is 24.3 Å². The number of nitrogens with zero attached hydrogens (tertiary/aromatic N) is 3. The lowest BCUT2D eigenvalue weighted by molar-refractivity contribution is 0.102. The van der Waals surface area contributed by atoms with Crippen LogP contribution >= 0.6 is 0 Å². The van der Waals surface area contributed by atoms with Gasteiger partial charge in [0.25, 0.3) is 5.91 Å². The van der Waals surface area contributed by atoms with Gasteiger partial charge >= 0.3 is 0 Å². The summed E-state index contributed by atoms with van der Waals surface area (Å²) in [6, 6.07) is 14.3. The third-order valence-corrected chi connectivity index (χ3v) is 5.99. The summed E-state index contributed by atoms with van der Waals surface area (Å²) in [5.41, 5.74) is 3.75. The lowest BCUT2D eigenvalue weighted by Gasteiger charge is -2.27. The Hall–Kier alpha value is -3.32. The molecule has 0 aliphatic carbocycles. The highest BCUT2D eigenvalue weighted by Gasteiger charge is 2.28. The predicted octanol–water partition coefficient (Wildman–Crippen LogP) is 3.71. The van der Waals surface area contributed by atoms with Gasteiger partial charge in [-0.2, -0.15) is 0 Å². The van der Waals surface area contributed by atoms with Crippen molar-refractivity contribution in [3.63, 3.8) is 0 Å². The molecule has 0 saturated carbocycles. The van der Waals surface area contributed by atoms with Crippen molar-refractivity contribution in [2.45, 2.75) is 25.9 Å². The Morgan fingerprint density at radius 1 is 1.16 bits per heavy atom. The van der Waals surface area contributed by atoms with E-state index in [1.807, 2.05) is 18.2 Å². The van der Waals surface area contributed by atoms with Crippen LogP contribution in [-0.2, 0) is 17.7 Å². The number of anilines is 3. The zero-order valence-electron chi connectivity index (χ0n) is 17.6. The third-order valence-electron chi connectivity index (χ3n) is 5.99. The van der Waals surface area contributed by atoms with Crippen molar-refractivity contribution in [2.75, 3.05) is 41.4 Å². The molecule has 2 aliphatic rings. The number of hydrogen-bond acceptors (Lipinski definition) is 6. The standard InChI is InChI=1S/C24H26N4O3/c1-17-14-18-4-2-3-5-21(18)28(17)16-22-20(8-11-31-22)24(29)26-19-6-7-23(25-15-19)27-9-12-30-13-10-27/h2-8,11,15,17H,9-10,12-14,16H2,1H3,(H,26,29). The highest BCUT2D eigenvalue weighted by Crippen LogP contribution is 2.33. The number of nitrogens with one attached hydrogen (secondary N) is 1. The average Bonchev–Trinajstić information content (AvgIpc) is 3.39. The van der Waals surface area contributed by atoms with Gasteiger partial charge in [0, 0.05) is 24.8 Å². The molecule has 0 spiro atoms. The van der Waals surface area contributed by atoms with E-state index in [9.17, 15) is 4.79 Å². The summed E-state index contributed by atoms with van der Waals surface area (Å²) in [6.07, 6.45) is 4.28. The van der Waals surface area contributed by atoms with Crippen molar-refractivity contribution in [1.29, 1.82) is 0 Å². The molecule has 31 heavy (non-hydrogen) atoms. The fourth-order valence-electron chi connectivity index (χ4n) is 4.33. The van der Waals surface area contributed by atoms with E-state index in [4.69, 9.17) is 9.15 Å². The number of ether oxygens (including phenoxy) is 1. The minimum Gasteiger partial charge on any atom is -0.467 e. The first-order valence-corrected chi connectivity index (χ1v) is 10.7. The van der Waals surface area contributed by atoms with Crippen molar-refractivity contribution in [2.24, 2.45) is 0 Å². The van der Waals surface area contributed by atoms with Gasteiger partial charge in [-0.05, 0) is 43.2 Å². The molecule has 1 unspecified atom stereocenters. The molecule has 1 aromatic carbocycles. The summed E-state index contributed by atoms with van der Waals surface area (Å²) in [7, 11) is 0. The molecule has 7 heteroatoms. The number of aromatic nitrogens is 1. The number of carbonyl (C=O) groups is 1. The number of amides is 1. The summed E-state index contributed by atoms with van der Waals surface area (Å²) >= 11 is 0. The molecule has 0 bridgehead atoms. The number of hydrogen-bond donors (Lipinski definition) is 1. The van der Waals surface area contributed by atoms with Gasteiger partial charge in [0.2, 0.25) is 0 Å². The van der Waals surface area contributed by atoms with Crippen LogP contribution in [0.15, 0.2) is 59.3 Å². The van der Waals surface area contributed by atoms with Gasteiger partial charge in [-0.15, -0.1) is 0 Å². The second kappa shape index (κ2) is 8.43. The van der Waals surface area contributed by atoms with Crippen LogP contribution < -0.4 is 15.1 Å². The van der Waals surface area contributed by atoms with Crippen molar-refractivity contribution in [3.8, 4) is 0 Å². The molecule has 1 saturated heterocycles. The van der Waals surface area contributed by atoms with E-state index >= 15 is 0 Å². The van der Waals surface area contributed by atoms with Crippen LogP contribution in [0.5, 0.6) is 0 Å². The van der Waals surface area contributed by atoms with Gasteiger partial charge in [0.1, 0.15) is 11.6 Å². The molecule has 2 aliphatic heterocycles. The third kappa shape index (κ3) is 4.01. The molecule has 3 aromatic rings. The maximum atomic E-state index is 12.9. The first kappa shape index (κ1) is 19.6. The number of rotatable bonds is 5. The lowest BCUT2D eigenvalue weighted by Crippen LogP contribution is -2.36. The van der Waals surface area contributed by atoms with E-state index in [0.717, 1.165) is 25.3 Å². The van der Waals surface area contributed by atoms with E-state index in [0.29, 0.717) is 42.8 Å². The monoisotopic (exact) mass is 418 g/mol. The zero-order chi connectivity index (χ0) is 21.2. The topological polar surface area (TPSA) is 70.8 Å². The van der Waals surface area contributed by atoms with Crippen LogP contribution in [0.1, 0.15) is 28.6 Å². The Kier molecular flexibility index (Phi) is 5.34. The van der Waals surface area contributed by atoms with Crippen molar-refractivity contribution >= 4 is 23.1 Å². The number of pyridine rings is 1. The molecule has 160 valence electrons. The Morgan fingerprint density at radius 2 is 2.00 bits per heavy atom. The minimum absolute atomic E-state index is 0.190. The minimum atomic E-state index is -0.190. The van der Waals surface area contributed by atoms with Crippen LogP contribution in [0, 0.1) is 0 Å². The summed E-state index contributed by atoms with van der Waals surface area (Å²) in [6.45, 7) is 5.84. The summed E-state index contributed by atoms with van der Waals surface area (Å²) in [4.78, 5) is 21.9. The Labute approximate surface area is 181 Å². The Morgan fingerprint density at radius 3 is 2.81 bits per heavy atom. The first-order valence-electron chi connectivity index (χ1n) is 10.7. The molecule has 7 nitrogen and oxygen atoms in total. The summed E-state index contributed by atoms with van der Waals surface area (Å²) in [5.74, 6) is 1.37. The number of benzene rings is 1. The molecule has 1 atom stereocenters. The molecule has 1 amide bonds. The second-order valence-electron chi connectivity index (χ2n) is 8.03. The highest BCUT2D eigenvalue weighted by molar-refractivity contribution is 6.05. The van der Waals surface area contributed by atoms with E-state index in [1.54, 1.807) is 18.5 Å².